The average Bonchev–Trinajstić information content (AvgIpc) is 2.82. The number of benzene rings is 1. The average molecular weight is 302 g/mol. The highest BCUT2D eigenvalue weighted by Gasteiger charge is 2.32. The Bertz CT molecular complexity index is 606. The molecule has 118 valence electrons. The molecule has 0 saturated carbocycles. The molecule has 1 fully saturated rings. The molecule has 2 aliphatic heterocycles. The zero-order chi connectivity index (χ0) is 15.9. The maximum Gasteiger partial charge on any atom is 0.256 e. The van der Waals surface area contributed by atoms with E-state index in [0.29, 0.717) is 18.2 Å². The van der Waals surface area contributed by atoms with Crippen LogP contribution in [0.2, 0.25) is 0 Å². The minimum Gasteiger partial charge on any atom is -0.369 e. The number of fused-ring (bicyclic) bond motifs is 1. The molecule has 1 aromatic rings. The monoisotopic (exact) mass is 302 g/mol. The molecule has 1 saturated heterocycles. The number of nitrogens with zero attached hydrogens (tertiary/aromatic N) is 4. The Kier molecular flexibility index (Phi) is 3.87. The molecule has 6 nitrogen and oxygen atoms in total. The highest BCUT2D eigenvalue weighted by Crippen LogP contribution is 2.37. The minimum absolute atomic E-state index is 0.104. The standard InChI is InChI=1S/C16H22N4O2/c1-11(2)19-6-8-20(9-7-19)14-5-4-13(17-22)15-12(14)10-18(3)16(15)21/h4-5,11H,6-10H2,1-3H3. The molecule has 6 heteroatoms. The quantitative estimate of drug-likeness (QED) is 0.803. The Hall–Kier alpha value is -1.95. The molecule has 1 aromatic carbocycles. The maximum absolute atomic E-state index is 12.3. The first-order valence-corrected chi connectivity index (χ1v) is 7.76. The Morgan fingerprint density at radius 1 is 1.14 bits per heavy atom. The van der Waals surface area contributed by atoms with Gasteiger partial charge in [0.1, 0.15) is 5.69 Å². The largest absolute Gasteiger partial charge is 0.369 e. The van der Waals surface area contributed by atoms with Crippen molar-refractivity contribution < 1.29 is 4.79 Å². The maximum atomic E-state index is 12.3. The second-order valence-corrected chi connectivity index (χ2v) is 6.33. The zero-order valence-corrected chi connectivity index (χ0v) is 13.4. The van der Waals surface area contributed by atoms with Crippen LogP contribution < -0.4 is 4.90 Å². The van der Waals surface area contributed by atoms with Crippen LogP contribution in [0.4, 0.5) is 11.4 Å². The summed E-state index contributed by atoms with van der Waals surface area (Å²) in [6.07, 6.45) is 0. The lowest BCUT2D eigenvalue weighted by molar-refractivity contribution is 0.0817. The third-order valence-electron chi connectivity index (χ3n) is 4.71. The van der Waals surface area contributed by atoms with E-state index in [1.54, 1.807) is 18.0 Å². The molecule has 0 bridgehead atoms. The van der Waals surface area contributed by atoms with Crippen LogP contribution in [-0.4, -0.2) is 55.0 Å². The van der Waals surface area contributed by atoms with Gasteiger partial charge in [-0.3, -0.25) is 9.69 Å². The van der Waals surface area contributed by atoms with E-state index in [-0.39, 0.29) is 11.6 Å². The molecule has 1 amide bonds. The van der Waals surface area contributed by atoms with Crippen LogP contribution in [0.3, 0.4) is 0 Å². The predicted octanol–water partition coefficient (Wildman–Crippen LogP) is 2.20. The normalized spacial score (nSPS) is 19.0. The highest BCUT2D eigenvalue weighted by atomic mass is 16.3. The molecule has 0 aromatic heterocycles. The summed E-state index contributed by atoms with van der Waals surface area (Å²) in [5, 5.41) is 3.02. The summed E-state index contributed by atoms with van der Waals surface area (Å²) < 4.78 is 0. The van der Waals surface area contributed by atoms with E-state index in [9.17, 15) is 9.70 Å². The summed E-state index contributed by atoms with van der Waals surface area (Å²) in [7, 11) is 1.76. The van der Waals surface area contributed by atoms with Crippen molar-refractivity contribution in [2.75, 3.05) is 38.1 Å². The van der Waals surface area contributed by atoms with E-state index in [4.69, 9.17) is 0 Å². The van der Waals surface area contributed by atoms with Crippen molar-refractivity contribution in [3.05, 3.63) is 28.2 Å². The van der Waals surface area contributed by atoms with Crippen molar-refractivity contribution in [1.82, 2.24) is 9.80 Å². The van der Waals surface area contributed by atoms with Gasteiger partial charge >= 0.3 is 0 Å². The topological polar surface area (TPSA) is 56.2 Å². The fourth-order valence-corrected chi connectivity index (χ4v) is 3.37. The molecule has 2 aliphatic rings. The van der Waals surface area contributed by atoms with Crippen molar-refractivity contribution in [3.8, 4) is 0 Å². The lowest BCUT2D eigenvalue weighted by Crippen LogP contribution is -2.49. The van der Waals surface area contributed by atoms with E-state index in [1.807, 2.05) is 6.07 Å². The van der Waals surface area contributed by atoms with Crippen LogP contribution in [0.1, 0.15) is 29.8 Å². The Balaban J connectivity index is 1.91. The number of hydrogen-bond acceptors (Lipinski definition) is 5. The molecule has 2 heterocycles. The van der Waals surface area contributed by atoms with E-state index in [0.717, 1.165) is 37.4 Å². The van der Waals surface area contributed by atoms with E-state index >= 15 is 0 Å². The molecular weight excluding hydrogens is 280 g/mol. The van der Waals surface area contributed by atoms with Gasteiger partial charge in [0, 0.05) is 57.1 Å². The van der Waals surface area contributed by atoms with Gasteiger partial charge in [0.15, 0.2) is 0 Å². The molecule has 3 rings (SSSR count). The number of carbonyl (C=O) groups is 1. The molecule has 0 atom stereocenters. The van der Waals surface area contributed by atoms with Gasteiger partial charge in [0.2, 0.25) is 0 Å². The van der Waals surface area contributed by atoms with Crippen molar-refractivity contribution in [2.24, 2.45) is 5.18 Å². The second kappa shape index (κ2) is 5.68. The molecule has 0 unspecified atom stereocenters. The first kappa shape index (κ1) is 15.0. The minimum atomic E-state index is -0.104. The molecule has 22 heavy (non-hydrogen) atoms. The third kappa shape index (κ3) is 2.37. The number of anilines is 1. The predicted molar refractivity (Wildman–Crippen MR) is 86.6 cm³/mol. The second-order valence-electron chi connectivity index (χ2n) is 6.33. The summed E-state index contributed by atoms with van der Waals surface area (Å²) in [6.45, 7) is 8.90. The van der Waals surface area contributed by atoms with Crippen LogP contribution in [0.15, 0.2) is 17.3 Å². The van der Waals surface area contributed by atoms with E-state index in [2.05, 4.69) is 28.8 Å². The lowest BCUT2D eigenvalue weighted by Gasteiger charge is -2.38. The Morgan fingerprint density at radius 2 is 1.82 bits per heavy atom. The van der Waals surface area contributed by atoms with Gasteiger partial charge in [-0.2, -0.15) is 0 Å². The Labute approximate surface area is 130 Å². The Morgan fingerprint density at radius 3 is 2.41 bits per heavy atom. The molecule has 0 aliphatic carbocycles. The van der Waals surface area contributed by atoms with Crippen LogP contribution in [0.25, 0.3) is 0 Å². The molecule has 0 radical (unpaired) electrons. The van der Waals surface area contributed by atoms with Gasteiger partial charge in [-0.05, 0) is 31.2 Å². The third-order valence-corrected chi connectivity index (χ3v) is 4.71. The fourth-order valence-electron chi connectivity index (χ4n) is 3.37. The van der Waals surface area contributed by atoms with Crippen molar-refractivity contribution in [1.29, 1.82) is 0 Å². The first-order valence-electron chi connectivity index (χ1n) is 7.76. The molecule has 0 spiro atoms. The lowest BCUT2D eigenvalue weighted by atomic mass is 10.0. The van der Waals surface area contributed by atoms with Gasteiger partial charge in [0.25, 0.3) is 5.91 Å². The number of carbonyl (C=O) groups excluding carboxylic acids is 1. The number of piperazine rings is 1. The van der Waals surface area contributed by atoms with Crippen molar-refractivity contribution >= 4 is 17.3 Å². The smallest absolute Gasteiger partial charge is 0.256 e. The van der Waals surface area contributed by atoms with E-state index < -0.39 is 0 Å². The van der Waals surface area contributed by atoms with Gasteiger partial charge in [-0.25, -0.2) is 0 Å². The SMILES string of the molecule is CC(C)N1CCN(c2ccc(N=O)c3c2CN(C)C3=O)CC1. The van der Waals surface area contributed by atoms with Gasteiger partial charge in [0.05, 0.1) is 5.56 Å². The molecular formula is C16H22N4O2. The fraction of sp³-hybridized carbons (Fsp3) is 0.562. The summed E-state index contributed by atoms with van der Waals surface area (Å²) in [5.74, 6) is -0.104. The van der Waals surface area contributed by atoms with E-state index in [1.165, 1.54) is 0 Å². The van der Waals surface area contributed by atoms with Gasteiger partial charge < -0.3 is 9.80 Å². The molecule has 0 N–H and O–H groups in total. The number of rotatable bonds is 3. The summed E-state index contributed by atoms with van der Waals surface area (Å²) >= 11 is 0. The van der Waals surface area contributed by atoms with Gasteiger partial charge in [-0.1, -0.05) is 0 Å². The van der Waals surface area contributed by atoms with Crippen LogP contribution in [0.5, 0.6) is 0 Å². The van der Waals surface area contributed by atoms with Crippen LogP contribution in [0, 0.1) is 4.91 Å². The number of amides is 1. The zero-order valence-electron chi connectivity index (χ0n) is 13.4. The highest BCUT2D eigenvalue weighted by molar-refractivity contribution is 6.04. The van der Waals surface area contributed by atoms with Crippen molar-refractivity contribution in [3.63, 3.8) is 0 Å². The number of hydrogen-bond donors (Lipinski definition) is 0. The first-order chi connectivity index (χ1) is 10.5. The summed E-state index contributed by atoms with van der Waals surface area (Å²) in [4.78, 5) is 29.7. The van der Waals surface area contributed by atoms with Gasteiger partial charge in [-0.15, -0.1) is 4.91 Å². The van der Waals surface area contributed by atoms with Crippen molar-refractivity contribution in [2.45, 2.75) is 26.4 Å². The van der Waals surface area contributed by atoms with Crippen LogP contribution >= 0.6 is 0 Å². The summed E-state index contributed by atoms with van der Waals surface area (Å²) in [6, 6.07) is 4.17. The van der Waals surface area contributed by atoms with Crippen LogP contribution in [-0.2, 0) is 6.54 Å². The number of nitroso groups, excluding NO2 is 1. The summed E-state index contributed by atoms with van der Waals surface area (Å²) in [5.41, 5.74) is 2.77.